The van der Waals surface area contributed by atoms with Gasteiger partial charge >= 0.3 is 0 Å². The highest BCUT2D eigenvalue weighted by atomic mass is 127. The molecule has 0 radical (unpaired) electrons. The fourth-order valence-electron chi connectivity index (χ4n) is 2.80. The van der Waals surface area contributed by atoms with Crippen LogP contribution in [0.1, 0.15) is 0 Å². The highest BCUT2D eigenvalue weighted by Crippen LogP contribution is 2.24. The van der Waals surface area contributed by atoms with Gasteiger partial charge in [-0.3, -0.25) is 0 Å². The van der Waals surface area contributed by atoms with Gasteiger partial charge in [-0.2, -0.15) is 4.57 Å². The average molecular weight is 361 g/mol. The Bertz CT molecular complexity index is 893. The minimum atomic E-state index is 0. The second-order valence-electron chi connectivity index (χ2n) is 4.70. The van der Waals surface area contributed by atoms with E-state index in [1.165, 1.54) is 32.8 Å². The predicted octanol–water partition coefficient (Wildman–Crippen LogP) is 3.92. The molecule has 4 aromatic rings. The molecule has 19 heavy (non-hydrogen) atoms. The first-order valence-electron chi connectivity index (χ1n) is 6.13. The minimum absolute atomic E-state index is 0. The Kier molecular flexibility index (Phi) is 2.93. The van der Waals surface area contributed by atoms with E-state index in [1.807, 2.05) is 0 Å². The summed E-state index contributed by atoms with van der Waals surface area (Å²) in [5.74, 6) is 0. The van der Waals surface area contributed by atoms with Gasteiger partial charge in [0.15, 0.2) is 0 Å². The van der Waals surface area contributed by atoms with Crippen molar-refractivity contribution >= 4 is 56.8 Å². The molecule has 0 aliphatic heterocycles. The maximum Gasteiger partial charge on any atom is 0.238 e. The van der Waals surface area contributed by atoms with E-state index >= 15 is 0 Å². The van der Waals surface area contributed by atoms with Gasteiger partial charge in [-0.15, -0.1) is 24.0 Å². The molecular formula is C16H14IN2+. The van der Waals surface area contributed by atoms with Crippen LogP contribution in [0, 0.1) is 0 Å². The van der Waals surface area contributed by atoms with Gasteiger partial charge < -0.3 is 4.98 Å². The maximum atomic E-state index is 3.49. The second-order valence-corrected chi connectivity index (χ2v) is 4.70. The van der Waals surface area contributed by atoms with E-state index in [0.717, 1.165) is 0 Å². The lowest BCUT2D eigenvalue weighted by Gasteiger charge is -1.98. The number of pyridine rings is 1. The van der Waals surface area contributed by atoms with Crippen LogP contribution in [0.2, 0.25) is 0 Å². The molecule has 2 aromatic carbocycles. The first kappa shape index (κ1) is 12.4. The summed E-state index contributed by atoms with van der Waals surface area (Å²) in [4.78, 5) is 3.49. The van der Waals surface area contributed by atoms with Crippen LogP contribution in [0.5, 0.6) is 0 Å². The lowest BCUT2D eigenvalue weighted by Crippen LogP contribution is -2.29. The van der Waals surface area contributed by atoms with Crippen molar-refractivity contribution in [2.75, 3.05) is 0 Å². The van der Waals surface area contributed by atoms with Crippen molar-refractivity contribution < 1.29 is 4.57 Å². The summed E-state index contributed by atoms with van der Waals surface area (Å²) in [6.07, 6.45) is 0. The normalized spacial score (nSPS) is 11.0. The predicted molar refractivity (Wildman–Crippen MR) is 89.9 cm³/mol. The molecule has 0 amide bonds. The van der Waals surface area contributed by atoms with Crippen LogP contribution >= 0.6 is 24.0 Å². The fraction of sp³-hybridized carbons (Fsp3) is 0.0625. The van der Waals surface area contributed by atoms with E-state index < -0.39 is 0 Å². The molecule has 2 heterocycles. The summed E-state index contributed by atoms with van der Waals surface area (Å²) in [5.41, 5.74) is 4.91. The molecule has 2 aromatic heterocycles. The zero-order valence-electron chi connectivity index (χ0n) is 10.6. The van der Waals surface area contributed by atoms with Crippen LogP contribution in [-0.4, -0.2) is 4.98 Å². The molecular weight excluding hydrogens is 347 g/mol. The van der Waals surface area contributed by atoms with Crippen LogP contribution in [0.25, 0.3) is 32.8 Å². The number of aromatic amines is 1. The number of fused-ring (bicyclic) bond motifs is 4. The monoisotopic (exact) mass is 361 g/mol. The van der Waals surface area contributed by atoms with Gasteiger partial charge in [-0.05, 0) is 24.3 Å². The Balaban J connectivity index is 0.00000110. The number of nitrogens with zero attached hydrogens (tertiary/aromatic N) is 1. The Labute approximate surface area is 128 Å². The van der Waals surface area contributed by atoms with Crippen LogP contribution in [0.4, 0.5) is 0 Å². The molecule has 0 saturated heterocycles. The Morgan fingerprint density at radius 3 is 2.53 bits per heavy atom. The number of benzene rings is 2. The number of hydrogen-bond donors (Lipinski definition) is 1. The number of H-pyrrole nitrogens is 1. The molecule has 0 unspecified atom stereocenters. The number of halogens is 1. The first-order valence-corrected chi connectivity index (χ1v) is 6.13. The Morgan fingerprint density at radius 2 is 1.63 bits per heavy atom. The third-order valence-corrected chi connectivity index (χ3v) is 3.64. The fourth-order valence-corrected chi connectivity index (χ4v) is 2.80. The van der Waals surface area contributed by atoms with Gasteiger partial charge in [0, 0.05) is 11.5 Å². The van der Waals surface area contributed by atoms with Crippen molar-refractivity contribution in [1.82, 2.24) is 4.98 Å². The van der Waals surface area contributed by atoms with Crippen LogP contribution in [-0.2, 0) is 7.05 Å². The summed E-state index contributed by atoms with van der Waals surface area (Å²) in [6.45, 7) is 0. The van der Waals surface area contributed by atoms with Crippen LogP contribution < -0.4 is 4.57 Å². The van der Waals surface area contributed by atoms with E-state index in [-0.39, 0.29) is 24.0 Å². The van der Waals surface area contributed by atoms with Gasteiger partial charge in [0.05, 0.1) is 10.9 Å². The highest BCUT2D eigenvalue weighted by Gasteiger charge is 2.16. The van der Waals surface area contributed by atoms with Crippen molar-refractivity contribution in [1.29, 1.82) is 0 Å². The molecule has 0 fully saturated rings. The van der Waals surface area contributed by atoms with E-state index in [9.17, 15) is 0 Å². The minimum Gasteiger partial charge on any atom is -0.349 e. The molecule has 4 rings (SSSR count). The highest BCUT2D eigenvalue weighted by molar-refractivity contribution is 14.0. The van der Waals surface area contributed by atoms with Gasteiger partial charge in [-0.1, -0.05) is 24.3 Å². The zero-order valence-corrected chi connectivity index (χ0v) is 12.9. The second kappa shape index (κ2) is 4.49. The van der Waals surface area contributed by atoms with Crippen molar-refractivity contribution in [3.8, 4) is 0 Å². The SMILES string of the molecule is C[n+]1c2ccccc2cc2[nH]c3ccccc3c21.I. The van der Waals surface area contributed by atoms with E-state index in [2.05, 4.69) is 71.2 Å². The average Bonchev–Trinajstić information content (AvgIpc) is 2.77. The van der Waals surface area contributed by atoms with Crippen LogP contribution in [0.3, 0.4) is 0 Å². The number of aromatic nitrogens is 2. The number of rotatable bonds is 0. The van der Waals surface area contributed by atoms with E-state index in [0.29, 0.717) is 0 Å². The molecule has 0 aliphatic rings. The van der Waals surface area contributed by atoms with Crippen LogP contribution in [0.15, 0.2) is 54.6 Å². The summed E-state index contributed by atoms with van der Waals surface area (Å²) in [6, 6.07) is 19.2. The molecule has 0 saturated carbocycles. The van der Waals surface area contributed by atoms with Crippen molar-refractivity contribution in [3.63, 3.8) is 0 Å². The van der Waals surface area contributed by atoms with Crippen molar-refractivity contribution in [2.24, 2.45) is 7.05 Å². The number of aryl methyl sites for hydroxylation is 1. The van der Waals surface area contributed by atoms with E-state index in [4.69, 9.17) is 0 Å². The maximum absolute atomic E-state index is 3.49. The summed E-state index contributed by atoms with van der Waals surface area (Å²) < 4.78 is 2.27. The Morgan fingerprint density at radius 1 is 0.895 bits per heavy atom. The van der Waals surface area contributed by atoms with E-state index in [1.54, 1.807) is 0 Å². The lowest BCUT2D eigenvalue weighted by atomic mass is 10.1. The molecule has 0 bridgehead atoms. The lowest BCUT2D eigenvalue weighted by molar-refractivity contribution is -0.616. The first-order chi connectivity index (χ1) is 8.84. The molecule has 1 N–H and O–H groups in total. The molecule has 3 heteroatoms. The summed E-state index contributed by atoms with van der Waals surface area (Å²) >= 11 is 0. The topological polar surface area (TPSA) is 19.7 Å². The quantitative estimate of drug-likeness (QED) is 0.362. The van der Waals surface area contributed by atoms with Crippen molar-refractivity contribution in [3.05, 3.63) is 54.6 Å². The number of para-hydroxylation sites is 2. The van der Waals surface area contributed by atoms with Gasteiger partial charge in [0.2, 0.25) is 11.0 Å². The molecule has 2 nitrogen and oxygen atoms in total. The molecule has 0 aliphatic carbocycles. The molecule has 0 spiro atoms. The standard InChI is InChI=1S/C16H12N2.HI/c1-18-15-9-5-2-6-11(15)10-14-16(18)12-7-3-4-8-13(12)17-14;/h2-10H,1H3;1H/p+1. The summed E-state index contributed by atoms with van der Waals surface area (Å²) in [7, 11) is 2.13. The number of hydrogen-bond acceptors (Lipinski definition) is 0. The third-order valence-electron chi connectivity index (χ3n) is 3.64. The van der Waals surface area contributed by atoms with Gasteiger partial charge in [-0.25, -0.2) is 0 Å². The smallest absolute Gasteiger partial charge is 0.238 e. The largest absolute Gasteiger partial charge is 0.349 e. The van der Waals surface area contributed by atoms with Crippen molar-refractivity contribution in [2.45, 2.75) is 0 Å². The summed E-state index contributed by atoms with van der Waals surface area (Å²) in [5, 5.41) is 2.54. The van der Waals surface area contributed by atoms with Gasteiger partial charge in [0.25, 0.3) is 0 Å². The molecule has 94 valence electrons. The van der Waals surface area contributed by atoms with Gasteiger partial charge in [0.1, 0.15) is 12.6 Å². The molecule has 0 atom stereocenters. The zero-order chi connectivity index (χ0) is 12.1. The third kappa shape index (κ3) is 1.72. The Hall–Kier alpha value is -1.62. The number of nitrogens with one attached hydrogen (secondary N) is 1.